The van der Waals surface area contributed by atoms with Crippen molar-refractivity contribution in [1.29, 1.82) is 0 Å². The van der Waals surface area contributed by atoms with Crippen molar-refractivity contribution in [1.82, 2.24) is 0 Å². The summed E-state index contributed by atoms with van der Waals surface area (Å²) in [6, 6.07) is 0. The SMILES string of the molecule is CCCCCCCCCCCCCCCCCC(=O)OC[C@@H](COC(=O)CCCCCCCCCCCC(C)C)OC(=O)CCCCCCCCC(C)C. The first kappa shape index (κ1) is 52.4. The molecule has 0 aromatic rings. The Morgan fingerprint density at radius 3 is 0.907 bits per heavy atom. The van der Waals surface area contributed by atoms with Crippen LogP contribution in [0.5, 0.6) is 0 Å². The van der Waals surface area contributed by atoms with Gasteiger partial charge in [0.2, 0.25) is 0 Å². The minimum absolute atomic E-state index is 0.0656. The molecule has 0 fully saturated rings. The smallest absolute Gasteiger partial charge is 0.306 e. The molecule has 0 aromatic heterocycles. The second-order valence-electron chi connectivity index (χ2n) is 17.3. The normalized spacial score (nSPS) is 12.1. The fourth-order valence-corrected chi connectivity index (χ4v) is 7.11. The zero-order valence-corrected chi connectivity index (χ0v) is 36.8. The molecule has 0 aliphatic carbocycles. The lowest BCUT2D eigenvalue weighted by Gasteiger charge is -2.18. The van der Waals surface area contributed by atoms with Gasteiger partial charge in [-0.15, -0.1) is 0 Å². The average molecular weight is 765 g/mol. The first-order valence-electron chi connectivity index (χ1n) is 23.7. The molecule has 54 heavy (non-hydrogen) atoms. The molecule has 320 valence electrons. The Labute approximate surface area is 336 Å². The van der Waals surface area contributed by atoms with E-state index in [0.717, 1.165) is 69.6 Å². The Morgan fingerprint density at radius 2 is 0.611 bits per heavy atom. The van der Waals surface area contributed by atoms with Gasteiger partial charge in [0.25, 0.3) is 0 Å². The summed E-state index contributed by atoms with van der Waals surface area (Å²) in [6.07, 6.45) is 39.6. The van der Waals surface area contributed by atoms with Crippen LogP contribution in [0.25, 0.3) is 0 Å². The highest BCUT2D eigenvalue weighted by atomic mass is 16.6. The maximum Gasteiger partial charge on any atom is 0.306 e. The number of unbranched alkanes of at least 4 members (excludes halogenated alkanes) is 27. The second kappa shape index (κ2) is 41.1. The highest BCUT2D eigenvalue weighted by Gasteiger charge is 2.19. The maximum atomic E-state index is 12.7. The summed E-state index contributed by atoms with van der Waals surface area (Å²) in [4.78, 5) is 37.7. The van der Waals surface area contributed by atoms with Gasteiger partial charge in [0.05, 0.1) is 0 Å². The quantitative estimate of drug-likeness (QED) is 0.0350. The van der Waals surface area contributed by atoms with Crippen molar-refractivity contribution < 1.29 is 28.6 Å². The van der Waals surface area contributed by atoms with Gasteiger partial charge in [-0.25, -0.2) is 0 Å². The van der Waals surface area contributed by atoms with Crippen LogP contribution in [0.1, 0.15) is 259 Å². The molecule has 0 aromatic carbocycles. The fraction of sp³-hybridized carbons (Fsp3) is 0.938. The van der Waals surface area contributed by atoms with Crippen LogP contribution in [0.3, 0.4) is 0 Å². The van der Waals surface area contributed by atoms with Gasteiger partial charge in [-0.3, -0.25) is 14.4 Å². The monoisotopic (exact) mass is 765 g/mol. The zero-order valence-electron chi connectivity index (χ0n) is 36.8. The van der Waals surface area contributed by atoms with Crippen LogP contribution < -0.4 is 0 Å². The van der Waals surface area contributed by atoms with E-state index in [1.54, 1.807) is 0 Å². The van der Waals surface area contributed by atoms with Crippen LogP contribution in [0.2, 0.25) is 0 Å². The van der Waals surface area contributed by atoms with Crippen molar-refractivity contribution in [2.45, 2.75) is 265 Å². The van der Waals surface area contributed by atoms with Crippen molar-refractivity contribution in [3.63, 3.8) is 0 Å². The third kappa shape index (κ3) is 41.6. The summed E-state index contributed by atoms with van der Waals surface area (Å²) in [5.41, 5.74) is 0. The Balaban J connectivity index is 4.28. The molecule has 6 nitrogen and oxygen atoms in total. The highest BCUT2D eigenvalue weighted by molar-refractivity contribution is 5.71. The lowest BCUT2D eigenvalue weighted by atomic mass is 10.0. The van der Waals surface area contributed by atoms with Gasteiger partial charge in [0.15, 0.2) is 6.10 Å². The number of hydrogen-bond acceptors (Lipinski definition) is 6. The average Bonchev–Trinajstić information content (AvgIpc) is 3.14. The van der Waals surface area contributed by atoms with E-state index < -0.39 is 6.10 Å². The molecule has 0 unspecified atom stereocenters. The number of ether oxygens (including phenoxy) is 3. The van der Waals surface area contributed by atoms with Crippen LogP contribution in [0.15, 0.2) is 0 Å². The van der Waals surface area contributed by atoms with E-state index >= 15 is 0 Å². The summed E-state index contributed by atoms with van der Waals surface area (Å²) in [6.45, 7) is 11.3. The van der Waals surface area contributed by atoms with E-state index in [1.807, 2.05) is 0 Å². The van der Waals surface area contributed by atoms with E-state index in [9.17, 15) is 14.4 Å². The summed E-state index contributed by atoms with van der Waals surface area (Å²) in [7, 11) is 0. The van der Waals surface area contributed by atoms with Crippen LogP contribution in [0.4, 0.5) is 0 Å². The molecule has 0 rings (SSSR count). The number of esters is 3. The predicted octanol–water partition coefficient (Wildman–Crippen LogP) is 15.0. The topological polar surface area (TPSA) is 78.9 Å². The number of hydrogen-bond donors (Lipinski definition) is 0. The molecular formula is C48H92O6. The third-order valence-electron chi connectivity index (χ3n) is 10.7. The third-order valence-corrected chi connectivity index (χ3v) is 10.7. The van der Waals surface area contributed by atoms with Crippen LogP contribution in [-0.4, -0.2) is 37.2 Å². The lowest BCUT2D eigenvalue weighted by Crippen LogP contribution is -2.30. The molecule has 0 heterocycles. The van der Waals surface area contributed by atoms with E-state index in [4.69, 9.17) is 14.2 Å². The highest BCUT2D eigenvalue weighted by Crippen LogP contribution is 2.17. The minimum Gasteiger partial charge on any atom is -0.462 e. The van der Waals surface area contributed by atoms with Gasteiger partial charge in [0, 0.05) is 19.3 Å². The first-order chi connectivity index (χ1) is 26.2. The second-order valence-corrected chi connectivity index (χ2v) is 17.3. The molecule has 0 saturated carbocycles. The first-order valence-corrected chi connectivity index (χ1v) is 23.7. The van der Waals surface area contributed by atoms with E-state index in [1.165, 1.54) is 148 Å². The summed E-state index contributed by atoms with van der Waals surface area (Å²) < 4.78 is 16.7. The van der Waals surface area contributed by atoms with Crippen LogP contribution >= 0.6 is 0 Å². The van der Waals surface area contributed by atoms with E-state index in [0.29, 0.717) is 19.3 Å². The molecule has 0 aliphatic rings. The Morgan fingerprint density at radius 1 is 0.352 bits per heavy atom. The fourth-order valence-electron chi connectivity index (χ4n) is 7.11. The Hall–Kier alpha value is -1.59. The van der Waals surface area contributed by atoms with Crippen LogP contribution in [0, 0.1) is 11.8 Å². The van der Waals surface area contributed by atoms with Crippen molar-refractivity contribution in [2.24, 2.45) is 11.8 Å². The zero-order chi connectivity index (χ0) is 39.7. The molecule has 0 radical (unpaired) electrons. The van der Waals surface area contributed by atoms with Crippen molar-refractivity contribution in [3.8, 4) is 0 Å². The summed E-state index contributed by atoms with van der Waals surface area (Å²) >= 11 is 0. The predicted molar refractivity (Wildman–Crippen MR) is 229 cm³/mol. The Kier molecular flexibility index (Phi) is 39.8. The number of carbonyl (C=O) groups is 3. The molecule has 0 bridgehead atoms. The van der Waals surface area contributed by atoms with Crippen molar-refractivity contribution in [3.05, 3.63) is 0 Å². The largest absolute Gasteiger partial charge is 0.462 e. The van der Waals surface area contributed by atoms with Gasteiger partial charge in [-0.2, -0.15) is 0 Å². The summed E-state index contributed by atoms with van der Waals surface area (Å²) in [5.74, 6) is 0.707. The van der Waals surface area contributed by atoms with Gasteiger partial charge < -0.3 is 14.2 Å². The molecule has 0 saturated heterocycles. The molecule has 0 amide bonds. The Bertz CT molecular complexity index is 824. The van der Waals surface area contributed by atoms with Gasteiger partial charge in [-0.05, 0) is 31.1 Å². The molecule has 0 N–H and O–H groups in total. The molecule has 1 atom stereocenters. The number of rotatable bonds is 42. The lowest BCUT2D eigenvalue weighted by molar-refractivity contribution is -0.167. The molecule has 0 spiro atoms. The van der Waals surface area contributed by atoms with E-state index in [-0.39, 0.29) is 31.1 Å². The summed E-state index contributed by atoms with van der Waals surface area (Å²) in [5, 5.41) is 0. The molecule has 0 aliphatic heterocycles. The molecule has 6 heteroatoms. The van der Waals surface area contributed by atoms with Gasteiger partial charge in [-0.1, -0.05) is 221 Å². The van der Waals surface area contributed by atoms with E-state index in [2.05, 4.69) is 34.6 Å². The van der Waals surface area contributed by atoms with Crippen molar-refractivity contribution in [2.75, 3.05) is 13.2 Å². The number of carbonyl (C=O) groups excluding carboxylic acids is 3. The van der Waals surface area contributed by atoms with Gasteiger partial charge in [0.1, 0.15) is 13.2 Å². The maximum absolute atomic E-state index is 12.7. The minimum atomic E-state index is -0.761. The standard InChI is InChI=1S/C48H92O6/c1-6-7-8-9-10-11-12-13-14-15-16-19-22-28-33-38-46(49)52-41-45(54-48(51)40-35-30-25-24-27-32-37-44(4)5)42-53-47(50)39-34-29-23-20-17-18-21-26-31-36-43(2)3/h43-45H,6-42H2,1-5H3/t45-/m0/s1. The van der Waals surface area contributed by atoms with Crippen molar-refractivity contribution >= 4 is 17.9 Å². The molecular weight excluding hydrogens is 673 g/mol. The van der Waals surface area contributed by atoms with Crippen LogP contribution in [-0.2, 0) is 28.6 Å². The van der Waals surface area contributed by atoms with Gasteiger partial charge >= 0.3 is 17.9 Å².